The van der Waals surface area contributed by atoms with Crippen molar-refractivity contribution >= 4 is 11.9 Å². The van der Waals surface area contributed by atoms with E-state index in [0.717, 1.165) is 19.3 Å². The number of hydrogen-bond acceptors (Lipinski definition) is 3. The summed E-state index contributed by atoms with van der Waals surface area (Å²) in [6, 6.07) is 0. The molecule has 3 atom stereocenters. The van der Waals surface area contributed by atoms with Gasteiger partial charge in [0.25, 0.3) is 0 Å². The van der Waals surface area contributed by atoms with Gasteiger partial charge in [-0.05, 0) is 31.6 Å². The lowest BCUT2D eigenvalue weighted by molar-refractivity contribution is -0.146. The van der Waals surface area contributed by atoms with Gasteiger partial charge in [0.15, 0.2) is 0 Å². The van der Waals surface area contributed by atoms with E-state index in [0.29, 0.717) is 25.8 Å². The van der Waals surface area contributed by atoms with Crippen LogP contribution < -0.4 is 5.32 Å². The Bertz CT molecular complexity index is 300. The summed E-state index contributed by atoms with van der Waals surface area (Å²) >= 11 is 0. The van der Waals surface area contributed by atoms with Crippen LogP contribution in [0, 0.1) is 17.8 Å². The maximum Gasteiger partial charge on any atom is 0.307 e. The first-order valence-electron chi connectivity index (χ1n) is 7.21. The van der Waals surface area contributed by atoms with Gasteiger partial charge >= 0.3 is 5.97 Å². The van der Waals surface area contributed by atoms with Crippen LogP contribution in [0.3, 0.4) is 0 Å². The van der Waals surface area contributed by atoms with Crippen molar-refractivity contribution in [1.82, 2.24) is 5.32 Å². The van der Waals surface area contributed by atoms with Gasteiger partial charge in [0.1, 0.15) is 0 Å². The minimum absolute atomic E-state index is 0.127. The highest BCUT2D eigenvalue weighted by Gasteiger charge is 2.37. The second kappa shape index (κ2) is 8.15. The highest BCUT2D eigenvalue weighted by molar-refractivity contribution is 5.85. The van der Waals surface area contributed by atoms with E-state index >= 15 is 0 Å². The summed E-state index contributed by atoms with van der Waals surface area (Å²) in [5.74, 6) is -1.62. The van der Waals surface area contributed by atoms with E-state index in [4.69, 9.17) is 10.2 Å². The standard InChI is InChI=1S/C14H25NO4/c1-2-4-10(7-8-16)9-15-13(17)11-5-3-6-12(11)14(18)19/h10-12,16H,2-9H2,1H3,(H,15,17)(H,18,19). The SMILES string of the molecule is CCCC(CCO)CNC(=O)C1CCCC1C(=O)O. The fourth-order valence-electron chi connectivity index (χ4n) is 2.88. The van der Waals surface area contributed by atoms with Crippen LogP contribution in [0.5, 0.6) is 0 Å². The monoisotopic (exact) mass is 271 g/mol. The molecule has 0 aromatic rings. The van der Waals surface area contributed by atoms with Gasteiger partial charge in [0.2, 0.25) is 5.91 Å². The summed E-state index contributed by atoms with van der Waals surface area (Å²) in [5, 5.41) is 20.9. The van der Waals surface area contributed by atoms with E-state index < -0.39 is 11.9 Å². The summed E-state index contributed by atoms with van der Waals surface area (Å²) < 4.78 is 0. The Morgan fingerprint density at radius 1 is 1.26 bits per heavy atom. The Kier molecular flexibility index (Phi) is 6.84. The molecule has 0 bridgehead atoms. The van der Waals surface area contributed by atoms with E-state index in [1.807, 2.05) is 0 Å². The van der Waals surface area contributed by atoms with Crippen molar-refractivity contribution in [3.05, 3.63) is 0 Å². The first-order valence-corrected chi connectivity index (χ1v) is 7.21. The number of amides is 1. The molecular weight excluding hydrogens is 246 g/mol. The molecule has 0 spiro atoms. The van der Waals surface area contributed by atoms with Crippen LogP contribution in [-0.4, -0.2) is 35.2 Å². The lowest BCUT2D eigenvalue weighted by Gasteiger charge is -2.19. The van der Waals surface area contributed by atoms with Crippen molar-refractivity contribution in [1.29, 1.82) is 0 Å². The van der Waals surface area contributed by atoms with Crippen LogP contribution in [0.25, 0.3) is 0 Å². The maximum atomic E-state index is 12.0. The normalized spacial score (nSPS) is 24.1. The second-order valence-corrected chi connectivity index (χ2v) is 5.39. The molecule has 0 aromatic heterocycles. The highest BCUT2D eigenvalue weighted by atomic mass is 16.4. The van der Waals surface area contributed by atoms with Gasteiger partial charge in [-0.15, -0.1) is 0 Å². The van der Waals surface area contributed by atoms with Gasteiger partial charge in [-0.1, -0.05) is 19.8 Å². The third-order valence-corrected chi connectivity index (χ3v) is 3.97. The number of hydrogen-bond donors (Lipinski definition) is 3. The zero-order valence-corrected chi connectivity index (χ0v) is 11.6. The molecule has 0 heterocycles. The van der Waals surface area contributed by atoms with Gasteiger partial charge in [0.05, 0.1) is 11.8 Å². The number of carboxylic acids is 1. The number of nitrogens with one attached hydrogen (secondary N) is 1. The molecule has 1 fully saturated rings. The number of aliphatic hydroxyl groups excluding tert-OH is 1. The minimum Gasteiger partial charge on any atom is -0.481 e. The fourth-order valence-corrected chi connectivity index (χ4v) is 2.88. The van der Waals surface area contributed by atoms with Gasteiger partial charge in [-0.25, -0.2) is 0 Å². The molecule has 1 aliphatic carbocycles. The van der Waals surface area contributed by atoms with E-state index in [-0.39, 0.29) is 24.3 Å². The zero-order chi connectivity index (χ0) is 14.3. The molecule has 0 aliphatic heterocycles. The molecule has 3 unspecified atom stereocenters. The molecule has 0 saturated heterocycles. The average molecular weight is 271 g/mol. The minimum atomic E-state index is -0.863. The molecule has 5 heteroatoms. The van der Waals surface area contributed by atoms with E-state index in [2.05, 4.69) is 12.2 Å². The number of rotatable bonds is 8. The van der Waals surface area contributed by atoms with Crippen molar-refractivity contribution in [2.45, 2.75) is 45.4 Å². The largest absolute Gasteiger partial charge is 0.481 e. The van der Waals surface area contributed by atoms with Gasteiger partial charge in [-0.3, -0.25) is 9.59 Å². The average Bonchev–Trinajstić information content (AvgIpc) is 2.85. The number of carbonyl (C=O) groups excluding carboxylic acids is 1. The third-order valence-electron chi connectivity index (χ3n) is 3.97. The zero-order valence-electron chi connectivity index (χ0n) is 11.6. The first-order chi connectivity index (χ1) is 9.10. The molecule has 0 aromatic carbocycles. The Balaban J connectivity index is 2.43. The maximum absolute atomic E-state index is 12.0. The predicted molar refractivity (Wildman–Crippen MR) is 71.6 cm³/mol. The number of aliphatic carboxylic acids is 1. The second-order valence-electron chi connectivity index (χ2n) is 5.39. The lowest BCUT2D eigenvalue weighted by Crippen LogP contribution is -2.37. The summed E-state index contributed by atoms with van der Waals surface area (Å²) in [7, 11) is 0. The van der Waals surface area contributed by atoms with Crippen molar-refractivity contribution in [2.75, 3.05) is 13.2 Å². The molecule has 1 rings (SSSR count). The predicted octanol–water partition coefficient (Wildman–Crippen LogP) is 1.40. The third kappa shape index (κ3) is 4.82. The summed E-state index contributed by atoms with van der Waals surface area (Å²) in [6.07, 6.45) is 4.74. The molecule has 1 aliphatic rings. The Hall–Kier alpha value is -1.10. The number of carbonyl (C=O) groups is 2. The van der Waals surface area contributed by atoms with E-state index in [1.165, 1.54) is 0 Å². The molecule has 3 N–H and O–H groups in total. The van der Waals surface area contributed by atoms with Gasteiger partial charge in [-0.2, -0.15) is 0 Å². The number of aliphatic hydroxyl groups is 1. The van der Waals surface area contributed by atoms with Crippen molar-refractivity contribution in [2.24, 2.45) is 17.8 Å². The Morgan fingerprint density at radius 2 is 1.95 bits per heavy atom. The van der Waals surface area contributed by atoms with Crippen LogP contribution in [0.4, 0.5) is 0 Å². The van der Waals surface area contributed by atoms with E-state index in [9.17, 15) is 9.59 Å². The molecule has 1 saturated carbocycles. The molecular formula is C14H25NO4. The lowest BCUT2D eigenvalue weighted by atomic mass is 9.94. The fraction of sp³-hybridized carbons (Fsp3) is 0.857. The molecule has 110 valence electrons. The van der Waals surface area contributed by atoms with Crippen LogP contribution in [0.1, 0.15) is 45.4 Å². The van der Waals surface area contributed by atoms with Crippen LogP contribution in [-0.2, 0) is 9.59 Å². The van der Waals surface area contributed by atoms with Crippen LogP contribution in [0.15, 0.2) is 0 Å². The van der Waals surface area contributed by atoms with Crippen LogP contribution in [0.2, 0.25) is 0 Å². The summed E-state index contributed by atoms with van der Waals surface area (Å²) in [4.78, 5) is 23.1. The molecule has 19 heavy (non-hydrogen) atoms. The quantitative estimate of drug-likeness (QED) is 0.623. The van der Waals surface area contributed by atoms with Crippen LogP contribution >= 0.6 is 0 Å². The van der Waals surface area contributed by atoms with Crippen molar-refractivity contribution in [3.8, 4) is 0 Å². The molecule has 5 nitrogen and oxygen atoms in total. The van der Waals surface area contributed by atoms with Crippen molar-refractivity contribution in [3.63, 3.8) is 0 Å². The Labute approximate surface area is 114 Å². The first kappa shape index (κ1) is 16.0. The van der Waals surface area contributed by atoms with Gasteiger partial charge in [0, 0.05) is 13.2 Å². The molecule has 0 radical (unpaired) electrons. The number of carboxylic acid groups (broad SMARTS) is 1. The Morgan fingerprint density at radius 3 is 2.53 bits per heavy atom. The molecule has 1 amide bonds. The smallest absolute Gasteiger partial charge is 0.307 e. The highest BCUT2D eigenvalue weighted by Crippen LogP contribution is 2.32. The van der Waals surface area contributed by atoms with Crippen molar-refractivity contribution < 1.29 is 19.8 Å². The topological polar surface area (TPSA) is 86.6 Å². The van der Waals surface area contributed by atoms with E-state index in [1.54, 1.807) is 0 Å². The van der Waals surface area contributed by atoms with Gasteiger partial charge < -0.3 is 15.5 Å². The summed E-state index contributed by atoms with van der Waals surface area (Å²) in [6.45, 7) is 2.74. The summed E-state index contributed by atoms with van der Waals surface area (Å²) in [5.41, 5.74) is 0.